The lowest BCUT2D eigenvalue weighted by Gasteiger charge is -2.36. The molecule has 7 nitrogen and oxygen atoms in total. The molecule has 2 aromatic rings. The SMILES string of the molecule is COc1ccc(C(=O)NC(C(=O)NCCCN2CCN(c3cccc(C)c3)CC2)C(C)C)cc1. The van der Waals surface area contributed by atoms with E-state index >= 15 is 0 Å². The molecular weight excluding hydrogens is 428 g/mol. The molecule has 0 saturated carbocycles. The van der Waals surface area contributed by atoms with E-state index < -0.39 is 6.04 Å². The predicted molar refractivity (Wildman–Crippen MR) is 137 cm³/mol. The van der Waals surface area contributed by atoms with Crippen LogP contribution in [0.25, 0.3) is 0 Å². The first-order valence-electron chi connectivity index (χ1n) is 12.1. The average molecular weight is 467 g/mol. The largest absolute Gasteiger partial charge is 0.497 e. The van der Waals surface area contributed by atoms with E-state index in [9.17, 15) is 9.59 Å². The van der Waals surface area contributed by atoms with E-state index in [1.165, 1.54) is 11.3 Å². The number of benzene rings is 2. The minimum atomic E-state index is -0.576. The third-order valence-corrected chi connectivity index (χ3v) is 6.28. The molecule has 1 aliphatic rings. The highest BCUT2D eigenvalue weighted by atomic mass is 16.5. The maximum absolute atomic E-state index is 12.8. The van der Waals surface area contributed by atoms with Gasteiger partial charge in [0.1, 0.15) is 11.8 Å². The molecule has 2 aromatic carbocycles. The fraction of sp³-hybridized carbons (Fsp3) is 0.481. The molecule has 1 heterocycles. The fourth-order valence-electron chi connectivity index (χ4n) is 4.18. The van der Waals surface area contributed by atoms with Gasteiger partial charge < -0.3 is 20.3 Å². The number of amides is 2. The predicted octanol–water partition coefficient (Wildman–Crippen LogP) is 3.09. The molecule has 1 aliphatic heterocycles. The summed E-state index contributed by atoms with van der Waals surface area (Å²) >= 11 is 0. The number of hydrogen-bond acceptors (Lipinski definition) is 5. The molecule has 1 atom stereocenters. The maximum atomic E-state index is 12.8. The van der Waals surface area contributed by atoms with Gasteiger partial charge in [0.15, 0.2) is 0 Å². The van der Waals surface area contributed by atoms with Crippen molar-refractivity contribution >= 4 is 17.5 Å². The Kier molecular flexibility index (Phi) is 9.33. The van der Waals surface area contributed by atoms with Crippen molar-refractivity contribution in [2.24, 2.45) is 5.92 Å². The first-order valence-corrected chi connectivity index (χ1v) is 12.1. The van der Waals surface area contributed by atoms with E-state index in [2.05, 4.69) is 51.6 Å². The summed E-state index contributed by atoms with van der Waals surface area (Å²) in [7, 11) is 1.58. The molecular formula is C27H38N4O3. The van der Waals surface area contributed by atoms with Crippen molar-refractivity contribution in [2.75, 3.05) is 51.3 Å². The second-order valence-corrected chi connectivity index (χ2v) is 9.24. The van der Waals surface area contributed by atoms with Crippen molar-refractivity contribution in [1.29, 1.82) is 0 Å². The lowest BCUT2D eigenvalue weighted by atomic mass is 10.0. The van der Waals surface area contributed by atoms with Crippen molar-refractivity contribution in [3.63, 3.8) is 0 Å². The lowest BCUT2D eigenvalue weighted by molar-refractivity contribution is -0.123. The Balaban J connectivity index is 1.39. The highest BCUT2D eigenvalue weighted by Gasteiger charge is 2.24. The molecule has 0 radical (unpaired) electrons. The number of piperazine rings is 1. The van der Waals surface area contributed by atoms with Crippen LogP contribution in [0.2, 0.25) is 0 Å². The highest BCUT2D eigenvalue weighted by molar-refractivity contribution is 5.97. The van der Waals surface area contributed by atoms with Crippen LogP contribution < -0.4 is 20.3 Å². The van der Waals surface area contributed by atoms with Crippen molar-refractivity contribution < 1.29 is 14.3 Å². The number of hydrogen-bond donors (Lipinski definition) is 2. The summed E-state index contributed by atoms with van der Waals surface area (Å²) in [5.41, 5.74) is 3.09. The summed E-state index contributed by atoms with van der Waals surface area (Å²) in [4.78, 5) is 30.3. The first kappa shape index (κ1) is 25.6. The van der Waals surface area contributed by atoms with E-state index in [4.69, 9.17) is 4.74 Å². The van der Waals surface area contributed by atoms with Gasteiger partial charge in [0.05, 0.1) is 7.11 Å². The first-order chi connectivity index (χ1) is 16.4. The Hall–Kier alpha value is -3.06. The Labute approximate surface area is 203 Å². The third kappa shape index (κ3) is 7.22. The fourth-order valence-corrected chi connectivity index (χ4v) is 4.18. The number of nitrogens with zero attached hydrogens (tertiary/aromatic N) is 2. The molecule has 0 bridgehead atoms. The quantitative estimate of drug-likeness (QED) is 0.527. The Morgan fingerprint density at radius 3 is 2.35 bits per heavy atom. The molecule has 0 spiro atoms. The smallest absolute Gasteiger partial charge is 0.251 e. The van der Waals surface area contributed by atoms with Crippen LogP contribution in [0.1, 0.15) is 36.2 Å². The summed E-state index contributed by atoms with van der Waals surface area (Å²) < 4.78 is 5.13. The molecule has 7 heteroatoms. The number of carbonyl (C=O) groups is 2. The molecule has 1 saturated heterocycles. The van der Waals surface area contributed by atoms with Crippen molar-refractivity contribution in [1.82, 2.24) is 15.5 Å². The van der Waals surface area contributed by atoms with Gasteiger partial charge in [-0.2, -0.15) is 0 Å². The van der Waals surface area contributed by atoms with Gasteiger partial charge in [-0.15, -0.1) is 0 Å². The van der Waals surface area contributed by atoms with E-state index in [0.29, 0.717) is 17.9 Å². The number of carbonyl (C=O) groups excluding carboxylic acids is 2. The maximum Gasteiger partial charge on any atom is 0.251 e. The summed E-state index contributed by atoms with van der Waals surface area (Å²) in [6.45, 7) is 11.6. The summed E-state index contributed by atoms with van der Waals surface area (Å²) in [5, 5.41) is 5.89. The number of methoxy groups -OCH3 is 1. The number of nitrogens with one attached hydrogen (secondary N) is 2. The van der Waals surface area contributed by atoms with Crippen LogP contribution in [0.3, 0.4) is 0 Å². The minimum absolute atomic E-state index is 0.0168. The molecule has 2 amide bonds. The molecule has 1 unspecified atom stereocenters. The molecule has 0 aliphatic carbocycles. The van der Waals surface area contributed by atoms with Crippen LogP contribution in [0.4, 0.5) is 5.69 Å². The second-order valence-electron chi connectivity index (χ2n) is 9.24. The average Bonchev–Trinajstić information content (AvgIpc) is 2.85. The standard InChI is InChI=1S/C27H38N4O3/c1-20(2)25(29-26(32)22-9-11-24(34-4)12-10-22)27(33)28-13-6-14-30-15-17-31(18-16-30)23-8-5-7-21(3)19-23/h5,7-12,19-20,25H,6,13-18H2,1-4H3,(H,28,33)(H,29,32). The summed E-state index contributed by atoms with van der Waals surface area (Å²) in [6.07, 6.45) is 0.882. The zero-order chi connectivity index (χ0) is 24.5. The lowest BCUT2D eigenvalue weighted by Crippen LogP contribution is -2.50. The third-order valence-electron chi connectivity index (χ3n) is 6.28. The molecule has 1 fully saturated rings. The van der Waals surface area contributed by atoms with Crippen molar-refractivity contribution in [3.05, 3.63) is 59.7 Å². The summed E-state index contributed by atoms with van der Waals surface area (Å²) in [5.74, 6) is 0.271. The number of rotatable bonds is 10. The van der Waals surface area contributed by atoms with Crippen molar-refractivity contribution in [2.45, 2.75) is 33.2 Å². The Morgan fingerprint density at radius 1 is 1.03 bits per heavy atom. The minimum Gasteiger partial charge on any atom is -0.497 e. The highest BCUT2D eigenvalue weighted by Crippen LogP contribution is 2.18. The van der Waals surface area contributed by atoms with E-state index in [-0.39, 0.29) is 17.7 Å². The van der Waals surface area contributed by atoms with Crippen LogP contribution >= 0.6 is 0 Å². The van der Waals surface area contributed by atoms with Gasteiger partial charge in [-0.05, 0) is 67.8 Å². The number of anilines is 1. The monoisotopic (exact) mass is 466 g/mol. The number of ether oxygens (including phenoxy) is 1. The van der Waals surface area contributed by atoms with Gasteiger partial charge in [-0.25, -0.2) is 0 Å². The molecule has 34 heavy (non-hydrogen) atoms. The van der Waals surface area contributed by atoms with Crippen LogP contribution in [-0.2, 0) is 4.79 Å². The van der Waals surface area contributed by atoms with E-state index in [1.54, 1.807) is 31.4 Å². The summed E-state index contributed by atoms with van der Waals surface area (Å²) in [6, 6.07) is 14.9. The Morgan fingerprint density at radius 2 is 1.74 bits per heavy atom. The van der Waals surface area contributed by atoms with Crippen LogP contribution in [0.15, 0.2) is 48.5 Å². The van der Waals surface area contributed by atoms with Gasteiger partial charge in [0.2, 0.25) is 5.91 Å². The van der Waals surface area contributed by atoms with Crippen LogP contribution in [0.5, 0.6) is 5.75 Å². The van der Waals surface area contributed by atoms with Crippen molar-refractivity contribution in [3.8, 4) is 5.75 Å². The Bertz CT molecular complexity index is 937. The molecule has 3 rings (SSSR count). The zero-order valence-electron chi connectivity index (χ0n) is 20.8. The number of aryl methyl sites for hydroxylation is 1. The normalized spacial score (nSPS) is 15.1. The van der Waals surface area contributed by atoms with Crippen LogP contribution in [0, 0.1) is 12.8 Å². The zero-order valence-corrected chi connectivity index (χ0v) is 20.8. The topological polar surface area (TPSA) is 73.9 Å². The van der Waals surface area contributed by atoms with Crippen LogP contribution in [-0.4, -0.2) is 69.1 Å². The van der Waals surface area contributed by atoms with Gasteiger partial charge in [0, 0.05) is 44.0 Å². The van der Waals surface area contributed by atoms with E-state index in [1.807, 2.05) is 13.8 Å². The molecule has 2 N–H and O–H groups in total. The van der Waals surface area contributed by atoms with Gasteiger partial charge in [0.25, 0.3) is 5.91 Å². The van der Waals surface area contributed by atoms with E-state index in [0.717, 1.165) is 39.1 Å². The second kappa shape index (κ2) is 12.4. The molecule has 184 valence electrons. The molecule has 0 aromatic heterocycles. The van der Waals surface area contributed by atoms with Gasteiger partial charge >= 0.3 is 0 Å². The van der Waals surface area contributed by atoms with Gasteiger partial charge in [-0.3, -0.25) is 14.5 Å². The van der Waals surface area contributed by atoms with Gasteiger partial charge in [-0.1, -0.05) is 26.0 Å².